The fourth-order valence-electron chi connectivity index (χ4n) is 2.31. The zero-order valence-corrected chi connectivity index (χ0v) is 11.7. The highest BCUT2D eigenvalue weighted by atomic mass is 16.6. The molecule has 1 saturated carbocycles. The van der Waals surface area contributed by atoms with Crippen molar-refractivity contribution >= 4 is 11.9 Å². The SMILES string of the molecule is C[C@@H](OC(=O)C1=COCCO1)C(=O)NC1CCCCC1. The van der Waals surface area contributed by atoms with Crippen molar-refractivity contribution in [3.63, 3.8) is 0 Å². The summed E-state index contributed by atoms with van der Waals surface area (Å²) in [7, 11) is 0. The topological polar surface area (TPSA) is 73.9 Å². The van der Waals surface area contributed by atoms with Gasteiger partial charge in [-0.25, -0.2) is 4.79 Å². The van der Waals surface area contributed by atoms with Crippen LogP contribution in [0.4, 0.5) is 0 Å². The van der Waals surface area contributed by atoms with Gasteiger partial charge in [-0.2, -0.15) is 0 Å². The van der Waals surface area contributed by atoms with Crippen LogP contribution in [0.15, 0.2) is 12.0 Å². The molecule has 1 heterocycles. The molecule has 0 aromatic heterocycles. The van der Waals surface area contributed by atoms with Crippen molar-refractivity contribution in [1.82, 2.24) is 5.32 Å². The van der Waals surface area contributed by atoms with Gasteiger partial charge in [-0.1, -0.05) is 19.3 Å². The summed E-state index contributed by atoms with van der Waals surface area (Å²) in [6.45, 7) is 2.28. The molecule has 2 aliphatic rings. The van der Waals surface area contributed by atoms with Crippen molar-refractivity contribution in [2.24, 2.45) is 0 Å². The van der Waals surface area contributed by atoms with E-state index in [1.165, 1.54) is 12.7 Å². The van der Waals surface area contributed by atoms with Gasteiger partial charge in [0.1, 0.15) is 19.5 Å². The van der Waals surface area contributed by atoms with E-state index in [0.717, 1.165) is 25.7 Å². The lowest BCUT2D eigenvalue weighted by atomic mass is 9.95. The van der Waals surface area contributed by atoms with Crippen molar-refractivity contribution in [3.8, 4) is 0 Å². The maximum absolute atomic E-state index is 11.9. The number of carbonyl (C=O) groups excluding carboxylic acids is 2. The Morgan fingerprint density at radius 1 is 1.30 bits per heavy atom. The van der Waals surface area contributed by atoms with Gasteiger partial charge in [0, 0.05) is 6.04 Å². The van der Waals surface area contributed by atoms with Crippen LogP contribution >= 0.6 is 0 Å². The molecule has 112 valence electrons. The highest BCUT2D eigenvalue weighted by Gasteiger charge is 2.25. The predicted octanol–water partition coefficient (Wildman–Crippen LogP) is 1.26. The Bertz CT molecular complexity index is 387. The van der Waals surface area contributed by atoms with Crippen LogP contribution in [0.3, 0.4) is 0 Å². The van der Waals surface area contributed by atoms with E-state index >= 15 is 0 Å². The highest BCUT2D eigenvalue weighted by Crippen LogP contribution is 2.17. The van der Waals surface area contributed by atoms with E-state index in [0.29, 0.717) is 13.2 Å². The van der Waals surface area contributed by atoms with Crippen LogP contribution < -0.4 is 5.32 Å². The first-order valence-electron chi connectivity index (χ1n) is 7.13. The van der Waals surface area contributed by atoms with Crippen molar-refractivity contribution in [3.05, 3.63) is 12.0 Å². The summed E-state index contributed by atoms with van der Waals surface area (Å²) in [6, 6.07) is 0.200. The zero-order chi connectivity index (χ0) is 14.4. The summed E-state index contributed by atoms with van der Waals surface area (Å²) in [5.41, 5.74) is 0. The summed E-state index contributed by atoms with van der Waals surface area (Å²) in [6.07, 6.45) is 5.87. The Morgan fingerprint density at radius 2 is 2.05 bits per heavy atom. The van der Waals surface area contributed by atoms with Gasteiger partial charge in [-0.3, -0.25) is 4.79 Å². The number of nitrogens with one attached hydrogen (secondary N) is 1. The largest absolute Gasteiger partial charge is 0.493 e. The molecule has 2 rings (SSSR count). The third kappa shape index (κ3) is 4.15. The Balaban J connectivity index is 1.77. The maximum Gasteiger partial charge on any atom is 0.377 e. The van der Waals surface area contributed by atoms with Crippen molar-refractivity contribution in [1.29, 1.82) is 0 Å². The summed E-state index contributed by atoms with van der Waals surface area (Å²) < 4.78 is 15.1. The molecule has 0 saturated heterocycles. The summed E-state index contributed by atoms with van der Waals surface area (Å²) in [5.74, 6) is -0.924. The Morgan fingerprint density at radius 3 is 2.70 bits per heavy atom. The summed E-state index contributed by atoms with van der Waals surface area (Å²) >= 11 is 0. The molecular weight excluding hydrogens is 262 g/mol. The van der Waals surface area contributed by atoms with Crippen LogP contribution in [0.5, 0.6) is 0 Å². The molecule has 1 atom stereocenters. The van der Waals surface area contributed by atoms with E-state index in [-0.39, 0.29) is 17.7 Å². The van der Waals surface area contributed by atoms with E-state index in [1.54, 1.807) is 6.92 Å². The van der Waals surface area contributed by atoms with Crippen molar-refractivity contribution in [2.45, 2.75) is 51.2 Å². The molecule has 20 heavy (non-hydrogen) atoms. The van der Waals surface area contributed by atoms with E-state index in [1.807, 2.05) is 0 Å². The molecule has 0 unspecified atom stereocenters. The second-order valence-electron chi connectivity index (χ2n) is 5.09. The smallest absolute Gasteiger partial charge is 0.377 e. The quantitative estimate of drug-likeness (QED) is 0.786. The van der Waals surface area contributed by atoms with E-state index < -0.39 is 12.1 Å². The van der Waals surface area contributed by atoms with Gasteiger partial charge in [-0.15, -0.1) is 0 Å². The van der Waals surface area contributed by atoms with Crippen LogP contribution in [0, 0.1) is 0 Å². The van der Waals surface area contributed by atoms with Gasteiger partial charge in [0.15, 0.2) is 6.10 Å². The van der Waals surface area contributed by atoms with Gasteiger partial charge >= 0.3 is 5.97 Å². The minimum Gasteiger partial charge on any atom is -0.493 e. The van der Waals surface area contributed by atoms with Crippen molar-refractivity contribution < 1.29 is 23.8 Å². The molecule has 1 aliphatic heterocycles. The summed E-state index contributed by atoms with van der Waals surface area (Å²) in [4.78, 5) is 23.7. The van der Waals surface area contributed by atoms with Crippen LogP contribution in [0.2, 0.25) is 0 Å². The molecule has 1 N–H and O–H groups in total. The van der Waals surface area contributed by atoms with Gasteiger partial charge in [0.25, 0.3) is 5.91 Å². The van der Waals surface area contributed by atoms with E-state index in [9.17, 15) is 9.59 Å². The van der Waals surface area contributed by atoms with Gasteiger partial charge < -0.3 is 19.5 Å². The number of ether oxygens (including phenoxy) is 3. The molecule has 1 fully saturated rings. The number of amides is 1. The standard InChI is InChI=1S/C14H21NO5/c1-10(13(16)15-11-5-3-2-4-6-11)20-14(17)12-9-18-7-8-19-12/h9-11H,2-8H2,1H3,(H,15,16)/t10-/m1/s1. The second-order valence-corrected chi connectivity index (χ2v) is 5.09. The van der Waals surface area contributed by atoms with Gasteiger partial charge in [0.2, 0.25) is 5.76 Å². The molecule has 1 aliphatic carbocycles. The average Bonchev–Trinajstić information content (AvgIpc) is 2.49. The molecule has 0 aromatic carbocycles. The van der Waals surface area contributed by atoms with Crippen LogP contribution in [0.25, 0.3) is 0 Å². The average molecular weight is 283 g/mol. The van der Waals surface area contributed by atoms with Crippen LogP contribution in [-0.2, 0) is 23.8 Å². The fourth-order valence-corrected chi connectivity index (χ4v) is 2.31. The monoisotopic (exact) mass is 283 g/mol. The molecular formula is C14H21NO5. The number of esters is 1. The number of rotatable bonds is 4. The zero-order valence-electron chi connectivity index (χ0n) is 11.7. The summed E-state index contributed by atoms with van der Waals surface area (Å²) in [5, 5.41) is 2.92. The van der Waals surface area contributed by atoms with Gasteiger partial charge in [-0.05, 0) is 19.8 Å². The fraction of sp³-hybridized carbons (Fsp3) is 0.714. The van der Waals surface area contributed by atoms with E-state index in [2.05, 4.69) is 5.32 Å². The predicted molar refractivity (Wildman–Crippen MR) is 70.6 cm³/mol. The lowest BCUT2D eigenvalue weighted by molar-refractivity contribution is -0.155. The minimum absolute atomic E-state index is 0.00793. The van der Waals surface area contributed by atoms with Crippen LogP contribution in [-0.4, -0.2) is 37.2 Å². The first-order valence-corrected chi connectivity index (χ1v) is 7.13. The molecule has 1 amide bonds. The molecule has 6 nitrogen and oxygen atoms in total. The number of carbonyl (C=O) groups is 2. The van der Waals surface area contributed by atoms with Crippen molar-refractivity contribution in [2.75, 3.05) is 13.2 Å². The van der Waals surface area contributed by atoms with Gasteiger partial charge in [0.05, 0.1) is 0 Å². The third-order valence-electron chi connectivity index (χ3n) is 3.45. The van der Waals surface area contributed by atoms with E-state index in [4.69, 9.17) is 14.2 Å². The Hall–Kier alpha value is -1.72. The van der Waals surface area contributed by atoms with Crippen LogP contribution in [0.1, 0.15) is 39.0 Å². The maximum atomic E-state index is 11.9. The number of hydrogen-bond acceptors (Lipinski definition) is 5. The lowest BCUT2D eigenvalue weighted by Gasteiger charge is -2.24. The number of hydrogen-bond donors (Lipinski definition) is 1. The minimum atomic E-state index is -0.837. The first-order chi connectivity index (χ1) is 9.66. The third-order valence-corrected chi connectivity index (χ3v) is 3.45. The second kappa shape index (κ2) is 7.17. The Kier molecular flexibility index (Phi) is 5.26. The highest BCUT2D eigenvalue weighted by molar-refractivity contribution is 5.89. The molecule has 6 heteroatoms. The molecule has 0 spiro atoms. The molecule has 0 aromatic rings. The first kappa shape index (κ1) is 14.7. The molecule has 0 bridgehead atoms. The normalized spacial score (nSPS) is 20.9. The Labute approximate surface area is 118 Å². The lowest BCUT2D eigenvalue weighted by Crippen LogP contribution is -2.43. The molecule has 0 radical (unpaired) electrons.